The van der Waals surface area contributed by atoms with E-state index in [0.29, 0.717) is 0 Å². The van der Waals surface area contributed by atoms with Crippen LogP contribution in [0.3, 0.4) is 0 Å². The minimum atomic E-state index is 0.218. The Kier molecular flexibility index (Phi) is 2.33. The van der Waals surface area contributed by atoms with Crippen LogP contribution in [0, 0.1) is 0 Å². The van der Waals surface area contributed by atoms with E-state index in [1.165, 1.54) is 11.8 Å². The van der Waals surface area contributed by atoms with Gasteiger partial charge in [-0.1, -0.05) is 23.9 Å². The van der Waals surface area contributed by atoms with Crippen molar-refractivity contribution in [3.8, 4) is 0 Å². The predicted molar refractivity (Wildman–Crippen MR) is 45.0 cm³/mol. The number of allylic oxidation sites excluding steroid dienone is 2. The highest BCUT2D eigenvalue weighted by atomic mass is 32.2. The molecule has 10 heavy (non-hydrogen) atoms. The van der Waals surface area contributed by atoms with Crippen LogP contribution < -0.4 is 0 Å². The molecule has 0 saturated heterocycles. The lowest BCUT2D eigenvalue weighted by molar-refractivity contribution is -0.107. The van der Waals surface area contributed by atoms with Crippen molar-refractivity contribution in [1.29, 1.82) is 0 Å². The first-order valence-corrected chi connectivity index (χ1v) is 4.25. The fraction of sp³-hybridized carbons (Fsp3) is 0.375. The van der Waals surface area contributed by atoms with Crippen LogP contribution in [-0.4, -0.2) is 10.9 Å². The first kappa shape index (κ1) is 7.61. The van der Waals surface area contributed by atoms with Gasteiger partial charge in [0.2, 0.25) is 5.12 Å². The second-order valence-corrected chi connectivity index (χ2v) is 3.18. The van der Waals surface area contributed by atoms with E-state index < -0.39 is 0 Å². The Morgan fingerprint density at radius 2 is 2.50 bits per heavy atom. The highest BCUT2D eigenvalue weighted by molar-refractivity contribution is 8.14. The third kappa shape index (κ3) is 1.32. The summed E-state index contributed by atoms with van der Waals surface area (Å²) >= 11 is 1.38. The first-order valence-electron chi connectivity index (χ1n) is 3.26. The van der Waals surface area contributed by atoms with E-state index in [1.54, 1.807) is 0 Å². The van der Waals surface area contributed by atoms with Crippen molar-refractivity contribution < 1.29 is 4.79 Å². The largest absolute Gasteiger partial charge is 0.282 e. The number of rotatable bonds is 1. The van der Waals surface area contributed by atoms with Crippen molar-refractivity contribution in [3.63, 3.8) is 0 Å². The SMILES string of the molecule is C/C=C(/C)C1=CCSC1=O. The smallest absolute Gasteiger partial charge is 0.219 e. The van der Waals surface area contributed by atoms with Crippen LogP contribution in [0.4, 0.5) is 0 Å². The number of carbonyl (C=O) groups excluding carboxylic acids is 1. The molecule has 54 valence electrons. The van der Waals surface area contributed by atoms with Gasteiger partial charge in [-0.05, 0) is 19.4 Å². The van der Waals surface area contributed by atoms with Crippen molar-refractivity contribution in [2.75, 3.05) is 5.75 Å². The van der Waals surface area contributed by atoms with Gasteiger partial charge in [-0.3, -0.25) is 4.79 Å². The second-order valence-electron chi connectivity index (χ2n) is 2.19. The Bertz CT molecular complexity index is 213. The second kappa shape index (κ2) is 3.06. The quantitative estimate of drug-likeness (QED) is 0.575. The lowest BCUT2D eigenvalue weighted by Gasteiger charge is -1.96. The Balaban J connectivity index is 2.82. The standard InChI is InChI=1S/C8H10OS/c1-3-6(2)7-4-5-10-8(7)9/h3-4H,5H2,1-2H3/b6-3-. The van der Waals surface area contributed by atoms with Crippen molar-refractivity contribution in [2.45, 2.75) is 13.8 Å². The van der Waals surface area contributed by atoms with Crippen LogP contribution in [0.1, 0.15) is 13.8 Å². The molecule has 0 aromatic rings. The summed E-state index contributed by atoms with van der Waals surface area (Å²) in [6.07, 6.45) is 3.96. The molecule has 0 saturated carbocycles. The Hall–Kier alpha value is -0.500. The minimum Gasteiger partial charge on any atom is -0.282 e. The topological polar surface area (TPSA) is 17.1 Å². The Morgan fingerprint density at radius 3 is 2.90 bits per heavy atom. The fourth-order valence-electron chi connectivity index (χ4n) is 0.839. The number of hydrogen-bond donors (Lipinski definition) is 0. The minimum absolute atomic E-state index is 0.218. The summed E-state index contributed by atoms with van der Waals surface area (Å²) < 4.78 is 0. The molecule has 0 fully saturated rings. The summed E-state index contributed by atoms with van der Waals surface area (Å²) in [6, 6.07) is 0. The maximum atomic E-state index is 11.0. The van der Waals surface area contributed by atoms with Gasteiger partial charge in [-0.2, -0.15) is 0 Å². The van der Waals surface area contributed by atoms with Gasteiger partial charge in [0.1, 0.15) is 0 Å². The number of thioether (sulfide) groups is 1. The van der Waals surface area contributed by atoms with Crippen LogP contribution >= 0.6 is 11.8 Å². The van der Waals surface area contributed by atoms with Crippen LogP contribution in [0.2, 0.25) is 0 Å². The van der Waals surface area contributed by atoms with Gasteiger partial charge in [-0.25, -0.2) is 0 Å². The molecule has 1 aliphatic heterocycles. The van der Waals surface area contributed by atoms with Crippen LogP contribution in [0.5, 0.6) is 0 Å². The molecule has 2 heteroatoms. The molecule has 1 aliphatic rings. The molecule has 1 heterocycles. The maximum Gasteiger partial charge on any atom is 0.219 e. The zero-order chi connectivity index (χ0) is 7.56. The van der Waals surface area contributed by atoms with Gasteiger partial charge in [-0.15, -0.1) is 0 Å². The van der Waals surface area contributed by atoms with Gasteiger partial charge in [0.25, 0.3) is 0 Å². The lowest BCUT2D eigenvalue weighted by atomic mass is 10.1. The normalized spacial score (nSPS) is 19.6. The highest BCUT2D eigenvalue weighted by Crippen LogP contribution is 2.24. The van der Waals surface area contributed by atoms with Gasteiger partial charge < -0.3 is 0 Å². The van der Waals surface area contributed by atoms with E-state index in [0.717, 1.165) is 16.9 Å². The fourth-order valence-corrected chi connectivity index (χ4v) is 1.64. The van der Waals surface area contributed by atoms with Gasteiger partial charge in [0.15, 0.2) is 0 Å². The van der Waals surface area contributed by atoms with E-state index >= 15 is 0 Å². The molecule has 0 spiro atoms. The molecular formula is C8H10OS. The van der Waals surface area contributed by atoms with Crippen molar-refractivity contribution in [2.24, 2.45) is 0 Å². The summed E-state index contributed by atoms with van der Waals surface area (Å²) in [5, 5.41) is 0.218. The monoisotopic (exact) mass is 154 g/mol. The Morgan fingerprint density at radius 1 is 1.80 bits per heavy atom. The van der Waals surface area contributed by atoms with E-state index in [4.69, 9.17) is 0 Å². The number of hydrogen-bond acceptors (Lipinski definition) is 2. The Labute approximate surface area is 65.2 Å². The maximum absolute atomic E-state index is 11.0. The third-order valence-electron chi connectivity index (χ3n) is 1.58. The molecular weight excluding hydrogens is 144 g/mol. The molecule has 0 N–H and O–H groups in total. The summed E-state index contributed by atoms with van der Waals surface area (Å²) in [6.45, 7) is 3.92. The van der Waals surface area contributed by atoms with Gasteiger partial charge in [0.05, 0.1) is 0 Å². The van der Waals surface area contributed by atoms with E-state index in [2.05, 4.69) is 0 Å². The summed E-state index contributed by atoms with van der Waals surface area (Å²) in [5.41, 5.74) is 1.99. The number of carbonyl (C=O) groups is 1. The molecule has 0 aromatic carbocycles. The molecule has 0 aliphatic carbocycles. The highest BCUT2D eigenvalue weighted by Gasteiger charge is 2.15. The van der Waals surface area contributed by atoms with Crippen LogP contribution in [0.25, 0.3) is 0 Å². The summed E-state index contributed by atoms with van der Waals surface area (Å²) in [5.74, 6) is 0.847. The first-order chi connectivity index (χ1) is 4.75. The summed E-state index contributed by atoms with van der Waals surface area (Å²) in [4.78, 5) is 11.0. The van der Waals surface area contributed by atoms with Gasteiger partial charge in [0, 0.05) is 11.3 Å². The molecule has 0 unspecified atom stereocenters. The molecule has 1 rings (SSSR count). The molecule has 1 nitrogen and oxygen atoms in total. The molecule has 0 amide bonds. The molecule has 0 radical (unpaired) electrons. The third-order valence-corrected chi connectivity index (χ3v) is 2.40. The zero-order valence-corrected chi connectivity index (χ0v) is 6.99. The summed E-state index contributed by atoms with van der Waals surface area (Å²) in [7, 11) is 0. The van der Waals surface area contributed by atoms with Crippen molar-refractivity contribution >= 4 is 16.9 Å². The predicted octanol–water partition coefficient (Wildman–Crippen LogP) is 2.15. The average Bonchev–Trinajstić information content (AvgIpc) is 2.34. The molecule has 0 aromatic heterocycles. The lowest BCUT2D eigenvalue weighted by Crippen LogP contribution is -1.92. The van der Waals surface area contributed by atoms with E-state index in [1.807, 2.05) is 26.0 Å². The van der Waals surface area contributed by atoms with E-state index in [9.17, 15) is 4.79 Å². The van der Waals surface area contributed by atoms with Crippen LogP contribution in [-0.2, 0) is 4.79 Å². The van der Waals surface area contributed by atoms with E-state index in [-0.39, 0.29) is 5.12 Å². The molecule has 0 atom stereocenters. The molecule has 0 bridgehead atoms. The zero-order valence-electron chi connectivity index (χ0n) is 6.18. The van der Waals surface area contributed by atoms with Crippen molar-refractivity contribution in [3.05, 3.63) is 23.3 Å². The van der Waals surface area contributed by atoms with Crippen molar-refractivity contribution in [1.82, 2.24) is 0 Å². The van der Waals surface area contributed by atoms with Gasteiger partial charge >= 0.3 is 0 Å². The average molecular weight is 154 g/mol. The van der Waals surface area contributed by atoms with Crippen LogP contribution in [0.15, 0.2) is 23.3 Å².